The van der Waals surface area contributed by atoms with E-state index in [4.69, 9.17) is 4.74 Å². The predicted molar refractivity (Wildman–Crippen MR) is 114 cm³/mol. The van der Waals surface area contributed by atoms with Crippen LogP contribution in [0.3, 0.4) is 0 Å². The van der Waals surface area contributed by atoms with Crippen LogP contribution in [-0.4, -0.2) is 34.0 Å². The number of rotatable bonds is 8. The van der Waals surface area contributed by atoms with Gasteiger partial charge < -0.3 is 20.7 Å². The van der Waals surface area contributed by atoms with Crippen molar-refractivity contribution in [1.82, 2.24) is 15.0 Å². The monoisotopic (exact) mass is 392 g/mol. The van der Waals surface area contributed by atoms with Crippen LogP contribution >= 0.6 is 0 Å². The Balaban J connectivity index is 1.63. The Morgan fingerprint density at radius 2 is 1.72 bits per heavy atom. The standard InChI is InChI=1S/C21H24N6O2/c1-4-22-18-12-19(25-14(3)24-18)26-16-7-9-17(10-8-16)27-21(28)15-6-11-20(23-13-15)29-5-2/h6-13H,4-5H2,1-3H3,(H,27,28)(H2,22,24,25,26). The van der Waals surface area contributed by atoms with Gasteiger partial charge in [0.15, 0.2) is 0 Å². The lowest BCUT2D eigenvalue weighted by Crippen LogP contribution is -2.12. The van der Waals surface area contributed by atoms with Crippen LogP contribution in [0.2, 0.25) is 0 Å². The molecule has 0 unspecified atom stereocenters. The van der Waals surface area contributed by atoms with E-state index in [1.165, 1.54) is 6.20 Å². The minimum Gasteiger partial charge on any atom is -0.478 e. The van der Waals surface area contributed by atoms with Gasteiger partial charge in [0, 0.05) is 36.2 Å². The summed E-state index contributed by atoms with van der Waals surface area (Å²) in [4.78, 5) is 25.2. The average Bonchev–Trinajstić information content (AvgIpc) is 2.70. The number of carbonyl (C=O) groups excluding carboxylic acids is 1. The van der Waals surface area contributed by atoms with E-state index in [0.717, 1.165) is 18.1 Å². The lowest BCUT2D eigenvalue weighted by atomic mass is 10.2. The van der Waals surface area contributed by atoms with Crippen LogP contribution in [0.15, 0.2) is 48.7 Å². The number of nitrogens with zero attached hydrogens (tertiary/aromatic N) is 3. The quantitative estimate of drug-likeness (QED) is 0.532. The van der Waals surface area contributed by atoms with Gasteiger partial charge >= 0.3 is 0 Å². The number of nitrogens with one attached hydrogen (secondary N) is 3. The number of benzene rings is 1. The first-order valence-electron chi connectivity index (χ1n) is 9.44. The van der Waals surface area contributed by atoms with E-state index in [1.54, 1.807) is 12.1 Å². The Morgan fingerprint density at radius 1 is 1.00 bits per heavy atom. The molecule has 0 aliphatic heterocycles. The van der Waals surface area contributed by atoms with Crippen molar-refractivity contribution in [1.29, 1.82) is 0 Å². The van der Waals surface area contributed by atoms with Gasteiger partial charge in [0.2, 0.25) is 5.88 Å². The third-order valence-electron chi connectivity index (χ3n) is 3.90. The van der Waals surface area contributed by atoms with Crippen molar-refractivity contribution >= 4 is 28.9 Å². The molecule has 2 aromatic heterocycles. The molecule has 8 heteroatoms. The number of ether oxygens (including phenoxy) is 1. The topological polar surface area (TPSA) is 101 Å². The maximum Gasteiger partial charge on any atom is 0.257 e. The van der Waals surface area contributed by atoms with E-state index in [-0.39, 0.29) is 5.91 Å². The van der Waals surface area contributed by atoms with Crippen molar-refractivity contribution in [2.24, 2.45) is 0 Å². The van der Waals surface area contributed by atoms with E-state index < -0.39 is 0 Å². The molecule has 3 N–H and O–H groups in total. The maximum atomic E-state index is 12.4. The molecule has 8 nitrogen and oxygen atoms in total. The third kappa shape index (κ3) is 5.65. The normalized spacial score (nSPS) is 10.3. The number of pyridine rings is 1. The Bertz CT molecular complexity index is 958. The molecule has 3 aromatic rings. The van der Waals surface area contributed by atoms with Crippen LogP contribution in [0, 0.1) is 6.92 Å². The summed E-state index contributed by atoms with van der Waals surface area (Å²) in [7, 11) is 0. The largest absolute Gasteiger partial charge is 0.478 e. The number of amides is 1. The zero-order valence-electron chi connectivity index (χ0n) is 16.7. The fraction of sp³-hybridized carbons (Fsp3) is 0.238. The average molecular weight is 392 g/mol. The van der Waals surface area contributed by atoms with E-state index in [2.05, 4.69) is 30.9 Å². The maximum absolute atomic E-state index is 12.4. The van der Waals surface area contributed by atoms with Crippen molar-refractivity contribution in [3.8, 4) is 5.88 Å². The molecule has 1 aromatic carbocycles. The van der Waals surface area contributed by atoms with Crippen molar-refractivity contribution in [3.63, 3.8) is 0 Å². The highest BCUT2D eigenvalue weighted by Gasteiger charge is 2.08. The van der Waals surface area contributed by atoms with Gasteiger partial charge in [-0.25, -0.2) is 15.0 Å². The number of hydrogen-bond donors (Lipinski definition) is 3. The number of aromatic nitrogens is 3. The van der Waals surface area contributed by atoms with Crippen LogP contribution in [-0.2, 0) is 0 Å². The molecule has 0 saturated heterocycles. The summed E-state index contributed by atoms with van der Waals surface area (Å²) in [5.41, 5.74) is 2.00. The summed E-state index contributed by atoms with van der Waals surface area (Å²) in [6.07, 6.45) is 1.50. The van der Waals surface area contributed by atoms with Gasteiger partial charge in [0.1, 0.15) is 17.5 Å². The van der Waals surface area contributed by atoms with Gasteiger partial charge in [-0.1, -0.05) is 0 Å². The molecule has 0 atom stereocenters. The lowest BCUT2D eigenvalue weighted by molar-refractivity contribution is 0.102. The van der Waals surface area contributed by atoms with Gasteiger partial charge in [-0.2, -0.15) is 0 Å². The van der Waals surface area contributed by atoms with Crippen LogP contribution in [0.4, 0.5) is 23.0 Å². The third-order valence-corrected chi connectivity index (χ3v) is 3.90. The summed E-state index contributed by atoms with van der Waals surface area (Å²) in [5, 5.41) is 9.28. The summed E-state index contributed by atoms with van der Waals surface area (Å²) in [6.45, 7) is 7.06. The molecule has 0 saturated carbocycles. The molecule has 0 bridgehead atoms. The van der Waals surface area contributed by atoms with Crippen molar-refractivity contribution in [2.45, 2.75) is 20.8 Å². The molecule has 150 valence electrons. The molecule has 0 fully saturated rings. The Kier molecular flexibility index (Phi) is 6.57. The van der Waals surface area contributed by atoms with Gasteiger partial charge in [-0.15, -0.1) is 0 Å². The van der Waals surface area contributed by atoms with Gasteiger partial charge in [0.05, 0.1) is 12.2 Å². The molecule has 3 rings (SSSR count). The van der Waals surface area contributed by atoms with Crippen LogP contribution in [0.1, 0.15) is 30.0 Å². The van der Waals surface area contributed by atoms with Crippen LogP contribution in [0.25, 0.3) is 0 Å². The van der Waals surface area contributed by atoms with E-state index in [1.807, 2.05) is 51.1 Å². The highest BCUT2D eigenvalue weighted by atomic mass is 16.5. The number of carbonyl (C=O) groups is 1. The fourth-order valence-electron chi connectivity index (χ4n) is 2.64. The first kappa shape index (κ1) is 20.1. The highest BCUT2D eigenvalue weighted by Crippen LogP contribution is 2.20. The zero-order valence-corrected chi connectivity index (χ0v) is 16.7. The van der Waals surface area contributed by atoms with E-state index in [0.29, 0.717) is 35.4 Å². The van der Waals surface area contributed by atoms with Crippen molar-refractivity contribution in [3.05, 3.63) is 60.0 Å². The van der Waals surface area contributed by atoms with Crippen LogP contribution in [0.5, 0.6) is 5.88 Å². The fourth-order valence-corrected chi connectivity index (χ4v) is 2.64. The molecule has 0 aliphatic carbocycles. The Labute approximate surface area is 169 Å². The number of anilines is 4. The van der Waals surface area contributed by atoms with Crippen molar-refractivity contribution < 1.29 is 9.53 Å². The SMILES string of the molecule is CCNc1cc(Nc2ccc(NC(=O)c3ccc(OCC)nc3)cc2)nc(C)n1. The molecule has 0 spiro atoms. The molecular formula is C21H24N6O2. The van der Waals surface area contributed by atoms with Crippen LogP contribution < -0.4 is 20.7 Å². The smallest absolute Gasteiger partial charge is 0.257 e. The van der Waals surface area contributed by atoms with Crippen molar-refractivity contribution in [2.75, 3.05) is 29.1 Å². The minimum absolute atomic E-state index is 0.233. The van der Waals surface area contributed by atoms with Gasteiger partial charge in [-0.05, 0) is 51.1 Å². The first-order valence-corrected chi connectivity index (χ1v) is 9.44. The Morgan fingerprint density at radius 3 is 2.38 bits per heavy atom. The minimum atomic E-state index is -0.233. The van der Waals surface area contributed by atoms with E-state index in [9.17, 15) is 4.79 Å². The summed E-state index contributed by atoms with van der Waals surface area (Å²) < 4.78 is 5.29. The Hall–Kier alpha value is -3.68. The molecule has 0 radical (unpaired) electrons. The number of aryl methyl sites for hydroxylation is 1. The first-order chi connectivity index (χ1) is 14.1. The summed E-state index contributed by atoms with van der Waals surface area (Å²) in [5.74, 6) is 2.42. The second kappa shape index (κ2) is 9.50. The van der Waals surface area contributed by atoms with Gasteiger partial charge in [-0.3, -0.25) is 4.79 Å². The molecule has 1 amide bonds. The molecule has 2 heterocycles. The number of hydrogen-bond acceptors (Lipinski definition) is 7. The lowest BCUT2D eigenvalue weighted by Gasteiger charge is -2.10. The summed E-state index contributed by atoms with van der Waals surface area (Å²) in [6, 6.07) is 12.6. The van der Waals surface area contributed by atoms with Gasteiger partial charge in [0.25, 0.3) is 5.91 Å². The highest BCUT2D eigenvalue weighted by molar-refractivity contribution is 6.04. The molecule has 29 heavy (non-hydrogen) atoms. The molecule has 0 aliphatic rings. The second-order valence-corrected chi connectivity index (χ2v) is 6.19. The summed E-state index contributed by atoms with van der Waals surface area (Å²) >= 11 is 0. The predicted octanol–water partition coefficient (Wildman–Crippen LogP) is 4.01. The van der Waals surface area contributed by atoms with E-state index >= 15 is 0 Å². The zero-order chi connectivity index (χ0) is 20.6. The molecular weight excluding hydrogens is 368 g/mol. The second-order valence-electron chi connectivity index (χ2n) is 6.19.